The molecular weight excluding hydrogens is 227 g/mol. The fourth-order valence-corrected chi connectivity index (χ4v) is 1.08. The summed E-state index contributed by atoms with van der Waals surface area (Å²) in [5.41, 5.74) is 10.3. The summed E-state index contributed by atoms with van der Waals surface area (Å²) in [5, 5.41) is 0. The van der Waals surface area contributed by atoms with Crippen molar-refractivity contribution in [3.63, 3.8) is 0 Å². The number of nitrogen functional groups attached to an aromatic ring is 1. The molecule has 0 aromatic carbocycles. The largest absolute Gasteiger partial charge is 0.573 e. The van der Waals surface area contributed by atoms with Gasteiger partial charge in [0, 0.05) is 12.1 Å². The molecule has 0 saturated carbocycles. The highest BCUT2D eigenvalue weighted by Crippen LogP contribution is 2.30. The number of nitrogens with zero attached hydrogens (tertiary/aromatic N) is 1. The van der Waals surface area contributed by atoms with Crippen LogP contribution in [0.15, 0.2) is 6.07 Å². The van der Waals surface area contributed by atoms with E-state index in [-0.39, 0.29) is 17.8 Å². The summed E-state index contributed by atoms with van der Waals surface area (Å²) in [4.78, 5) is 13.8. The minimum absolute atomic E-state index is 0.0353. The Morgan fingerprint density at radius 3 is 2.56 bits per heavy atom. The molecule has 0 aliphatic heterocycles. The molecule has 0 aliphatic rings. The number of hydrogen-bond donors (Lipinski definition) is 2. The van der Waals surface area contributed by atoms with Crippen molar-refractivity contribution in [2.24, 2.45) is 5.73 Å². The van der Waals surface area contributed by atoms with E-state index in [0.717, 1.165) is 6.07 Å². The normalized spacial score (nSPS) is 11.2. The van der Waals surface area contributed by atoms with E-state index in [9.17, 15) is 18.0 Å². The second-order valence-electron chi connectivity index (χ2n) is 2.79. The Balaban J connectivity index is 3.21. The van der Waals surface area contributed by atoms with Crippen LogP contribution in [-0.4, -0.2) is 17.6 Å². The number of carbonyl (C=O) groups excluding carboxylic acids is 1. The summed E-state index contributed by atoms with van der Waals surface area (Å²) >= 11 is 0. The number of carbonyl (C=O) groups is 1. The third kappa shape index (κ3) is 2.83. The number of aldehydes is 1. The van der Waals surface area contributed by atoms with Gasteiger partial charge in [0.1, 0.15) is 5.69 Å². The van der Waals surface area contributed by atoms with Crippen molar-refractivity contribution < 1.29 is 22.7 Å². The highest BCUT2D eigenvalue weighted by Gasteiger charge is 2.33. The average molecular weight is 235 g/mol. The predicted octanol–water partition coefficient (Wildman–Crippen LogP) is 0.834. The number of anilines is 1. The number of aromatic nitrogens is 1. The van der Waals surface area contributed by atoms with Crippen molar-refractivity contribution >= 4 is 12.1 Å². The lowest BCUT2D eigenvalue weighted by Crippen LogP contribution is -2.20. The molecule has 1 aromatic heterocycles. The number of rotatable bonds is 3. The second-order valence-corrected chi connectivity index (χ2v) is 2.79. The van der Waals surface area contributed by atoms with Gasteiger partial charge in [-0.05, 0) is 6.07 Å². The van der Waals surface area contributed by atoms with Gasteiger partial charge in [0.15, 0.2) is 17.9 Å². The molecule has 0 atom stereocenters. The van der Waals surface area contributed by atoms with E-state index in [4.69, 9.17) is 11.5 Å². The first-order chi connectivity index (χ1) is 7.37. The summed E-state index contributed by atoms with van der Waals surface area (Å²) in [6, 6.07) is 1.09. The van der Waals surface area contributed by atoms with Crippen molar-refractivity contribution in [2.45, 2.75) is 12.9 Å². The van der Waals surface area contributed by atoms with Crippen LogP contribution in [-0.2, 0) is 6.54 Å². The number of hydrogen-bond acceptors (Lipinski definition) is 5. The van der Waals surface area contributed by atoms with Crippen LogP contribution in [0.4, 0.5) is 19.0 Å². The smallest absolute Gasteiger partial charge is 0.401 e. The van der Waals surface area contributed by atoms with E-state index in [0.29, 0.717) is 6.29 Å². The highest BCUT2D eigenvalue weighted by atomic mass is 19.4. The zero-order valence-corrected chi connectivity index (χ0v) is 7.91. The molecule has 4 N–H and O–H groups in total. The lowest BCUT2D eigenvalue weighted by atomic mass is 10.2. The zero-order chi connectivity index (χ0) is 12.3. The van der Waals surface area contributed by atoms with E-state index in [1.165, 1.54) is 0 Å². The molecule has 0 unspecified atom stereocenters. The Morgan fingerprint density at radius 2 is 2.12 bits per heavy atom. The first kappa shape index (κ1) is 12.2. The summed E-state index contributed by atoms with van der Waals surface area (Å²) in [6.45, 7) is -0.251. The topological polar surface area (TPSA) is 91.2 Å². The van der Waals surface area contributed by atoms with Gasteiger partial charge in [0.25, 0.3) is 0 Å². The molecule has 1 heterocycles. The maximum Gasteiger partial charge on any atom is 0.573 e. The Kier molecular flexibility index (Phi) is 3.33. The van der Waals surface area contributed by atoms with Gasteiger partial charge in [-0.25, -0.2) is 4.98 Å². The average Bonchev–Trinajstić information content (AvgIpc) is 2.19. The van der Waals surface area contributed by atoms with Gasteiger partial charge in [-0.2, -0.15) is 0 Å². The van der Waals surface area contributed by atoms with Crippen LogP contribution in [0.25, 0.3) is 0 Å². The first-order valence-corrected chi connectivity index (χ1v) is 4.07. The van der Waals surface area contributed by atoms with Gasteiger partial charge in [-0.15, -0.1) is 13.2 Å². The minimum atomic E-state index is -4.89. The van der Waals surface area contributed by atoms with Gasteiger partial charge in [-0.3, -0.25) is 4.79 Å². The van der Waals surface area contributed by atoms with Gasteiger partial charge in [-0.1, -0.05) is 0 Å². The van der Waals surface area contributed by atoms with Gasteiger partial charge >= 0.3 is 6.36 Å². The van der Waals surface area contributed by atoms with Crippen LogP contribution >= 0.6 is 0 Å². The summed E-state index contributed by atoms with van der Waals surface area (Å²) in [7, 11) is 0. The third-order valence-electron chi connectivity index (χ3n) is 1.65. The van der Waals surface area contributed by atoms with Crippen molar-refractivity contribution in [2.75, 3.05) is 5.73 Å². The summed E-state index contributed by atoms with van der Waals surface area (Å²) < 4.78 is 39.7. The monoisotopic (exact) mass is 235 g/mol. The van der Waals surface area contributed by atoms with Gasteiger partial charge in [0.2, 0.25) is 0 Å². The standard InChI is InChI=1S/C8H8F3N3O2/c9-8(10,11)16-6-4(2-12)1-5(3-15)14-7(6)13/h1,3H,2,12H2,(H2,13,14). The fraction of sp³-hybridized carbons (Fsp3) is 0.250. The van der Waals surface area contributed by atoms with Crippen molar-refractivity contribution in [3.05, 3.63) is 17.3 Å². The summed E-state index contributed by atoms with van der Waals surface area (Å²) in [6.07, 6.45) is -4.53. The van der Waals surface area contributed by atoms with Crippen LogP contribution < -0.4 is 16.2 Å². The number of nitrogens with two attached hydrogens (primary N) is 2. The van der Waals surface area contributed by atoms with E-state index in [1.807, 2.05) is 0 Å². The molecule has 8 heteroatoms. The molecule has 5 nitrogen and oxygen atoms in total. The van der Waals surface area contributed by atoms with Crippen LogP contribution in [0.3, 0.4) is 0 Å². The van der Waals surface area contributed by atoms with Crippen LogP contribution in [0.2, 0.25) is 0 Å². The quantitative estimate of drug-likeness (QED) is 0.757. The Morgan fingerprint density at radius 1 is 1.50 bits per heavy atom. The van der Waals surface area contributed by atoms with Gasteiger partial charge < -0.3 is 16.2 Å². The maximum absolute atomic E-state index is 12.0. The summed E-state index contributed by atoms with van der Waals surface area (Å²) in [5.74, 6) is -1.19. The second kappa shape index (κ2) is 4.35. The lowest BCUT2D eigenvalue weighted by molar-refractivity contribution is -0.274. The molecule has 88 valence electrons. The Bertz CT molecular complexity index is 406. The molecule has 0 spiro atoms. The molecule has 1 aromatic rings. The van der Waals surface area contributed by atoms with Crippen molar-refractivity contribution in [3.8, 4) is 5.75 Å². The van der Waals surface area contributed by atoms with Gasteiger partial charge in [0.05, 0.1) is 0 Å². The molecule has 16 heavy (non-hydrogen) atoms. The molecule has 0 bridgehead atoms. The Labute approximate surface area is 88.2 Å². The molecular formula is C8H8F3N3O2. The van der Waals surface area contributed by atoms with Crippen molar-refractivity contribution in [1.29, 1.82) is 0 Å². The van der Waals surface area contributed by atoms with E-state index in [1.54, 1.807) is 0 Å². The molecule has 0 radical (unpaired) electrons. The predicted molar refractivity (Wildman–Crippen MR) is 48.6 cm³/mol. The molecule has 0 fully saturated rings. The SMILES string of the molecule is NCc1cc(C=O)nc(N)c1OC(F)(F)F. The first-order valence-electron chi connectivity index (χ1n) is 4.07. The van der Waals surface area contributed by atoms with Crippen LogP contribution in [0, 0.1) is 0 Å². The maximum atomic E-state index is 12.0. The molecule has 0 aliphatic carbocycles. The number of alkyl halides is 3. The molecule has 0 saturated heterocycles. The Hall–Kier alpha value is -1.83. The van der Waals surface area contributed by atoms with Crippen molar-refractivity contribution in [1.82, 2.24) is 4.98 Å². The highest BCUT2D eigenvalue weighted by molar-refractivity contribution is 5.74. The fourth-order valence-electron chi connectivity index (χ4n) is 1.08. The number of ether oxygens (including phenoxy) is 1. The molecule has 0 amide bonds. The van der Waals surface area contributed by atoms with E-state index < -0.39 is 17.9 Å². The van der Waals surface area contributed by atoms with E-state index in [2.05, 4.69) is 9.72 Å². The van der Waals surface area contributed by atoms with Crippen LogP contribution in [0.1, 0.15) is 16.1 Å². The van der Waals surface area contributed by atoms with Crippen LogP contribution in [0.5, 0.6) is 5.75 Å². The third-order valence-corrected chi connectivity index (χ3v) is 1.65. The number of halogens is 3. The van der Waals surface area contributed by atoms with E-state index >= 15 is 0 Å². The minimum Gasteiger partial charge on any atom is -0.401 e. The zero-order valence-electron chi connectivity index (χ0n) is 7.91. The lowest BCUT2D eigenvalue weighted by Gasteiger charge is -2.14. The molecule has 1 rings (SSSR count). The number of pyridine rings is 1.